The van der Waals surface area contributed by atoms with Crippen molar-refractivity contribution in [3.63, 3.8) is 0 Å². The number of rotatable bonds is 4. The first-order chi connectivity index (χ1) is 8.42. The Morgan fingerprint density at radius 3 is 2.56 bits per heavy atom. The summed E-state index contributed by atoms with van der Waals surface area (Å²) in [6.45, 7) is 10.1. The van der Waals surface area contributed by atoms with Crippen LogP contribution in [0.25, 0.3) is 0 Å². The second-order valence-corrected chi connectivity index (χ2v) is 5.74. The Hall–Kier alpha value is -1.29. The van der Waals surface area contributed by atoms with Gasteiger partial charge in [0.2, 0.25) is 0 Å². The molecule has 2 N–H and O–H groups in total. The van der Waals surface area contributed by atoms with Gasteiger partial charge in [0.1, 0.15) is 0 Å². The van der Waals surface area contributed by atoms with Crippen LogP contribution in [0, 0.1) is 5.92 Å². The normalized spacial score (nSPS) is 18.1. The highest BCUT2D eigenvalue weighted by atomic mass is 16.5. The molecule has 0 unspecified atom stereocenters. The van der Waals surface area contributed by atoms with Crippen LogP contribution >= 0.6 is 0 Å². The van der Waals surface area contributed by atoms with E-state index < -0.39 is 0 Å². The first-order valence-electron chi connectivity index (χ1n) is 6.58. The molecule has 1 saturated heterocycles. The van der Waals surface area contributed by atoms with E-state index in [1.165, 1.54) is 0 Å². The standard InChI is InChI=1S/C14H23N3O/c1-10(2)14(15)8-17(9-14)13-12(18-11(3)4)6-5-7-16-13/h5-7,10-11H,8-9,15H2,1-4H3. The molecule has 1 aromatic heterocycles. The van der Waals surface area contributed by atoms with Gasteiger partial charge in [0.25, 0.3) is 0 Å². The number of anilines is 1. The van der Waals surface area contributed by atoms with Crippen molar-refractivity contribution in [3.8, 4) is 5.75 Å². The average Bonchev–Trinajstić information content (AvgIpc) is 2.24. The summed E-state index contributed by atoms with van der Waals surface area (Å²) in [5, 5.41) is 0. The molecule has 0 spiro atoms. The van der Waals surface area contributed by atoms with Gasteiger partial charge in [-0.2, -0.15) is 0 Å². The predicted octanol–water partition coefficient (Wildman–Crippen LogP) is 2.04. The van der Waals surface area contributed by atoms with Gasteiger partial charge in [-0.25, -0.2) is 4.98 Å². The topological polar surface area (TPSA) is 51.4 Å². The first kappa shape index (κ1) is 13.1. The zero-order valence-electron chi connectivity index (χ0n) is 11.7. The van der Waals surface area contributed by atoms with E-state index in [0.717, 1.165) is 24.7 Å². The zero-order chi connectivity index (χ0) is 13.3. The van der Waals surface area contributed by atoms with Crippen LogP contribution < -0.4 is 15.4 Å². The number of pyridine rings is 1. The van der Waals surface area contributed by atoms with E-state index >= 15 is 0 Å². The lowest BCUT2D eigenvalue weighted by atomic mass is 9.80. The maximum Gasteiger partial charge on any atom is 0.171 e. The van der Waals surface area contributed by atoms with Crippen LogP contribution in [0.4, 0.5) is 5.82 Å². The summed E-state index contributed by atoms with van der Waals surface area (Å²) in [7, 11) is 0. The van der Waals surface area contributed by atoms with E-state index in [-0.39, 0.29) is 11.6 Å². The quantitative estimate of drug-likeness (QED) is 0.887. The summed E-state index contributed by atoms with van der Waals surface area (Å²) < 4.78 is 5.79. The maximum absolute atomic E-state index is 6.31. The van der Waals surface area contributed by atoms with E-state index in [1.54, 1.807) is 6.20 Å². The molecule has 1 aliphatic rings. The molecule has 0 aromatic carbocycles. The molecule has 2 heterocycles. The van der Waals surface area contributed by atoms with Crippen molar-refractivity contribution in [2.45, 2.75) is 39.3 Å². The van der Waals surface area contributed by atoms with Gasteiger partial charge in [-0.15, -0.1) is 0 Å². The van der Waals surface area contributed by atoms with Gasteiger partial charge in [-0.1, -0.05) is 13.8 Å². The van der Waals surface area contributed by atoms with Crippen LogP contribution in [0.5, 0.6) is 5.75 Å². The lowest BCUT2D eigenvalue weighted by Crippen LogP contribution is -2.70. The highest BCUT2D eigenvalue weighted by Crippen LogP contribution is 2.35. The van der Waals surface area contributed by atoms with Gasteiger partial charge in [-0.3, -0.25) is 0 Å². The minimum atomic E-state index is -0.0907. The molecule has 0 aliphatic carbocycles. The van der Waals surface area contributed by atoms with Crippen molar-refractivity contribution in [2.24, 2.45) is 11.7 Å². The molecule has 1 aliphatic heterocycles. The second-order valence-electron chi connectivity index (χ2n) is 5.74. The largest absolute Gasteiger partial charge is 0.487 e. The van der Waals surface area contributed by atoms with Crippen molar-refractivity contribution >= 4 is 5.82 Å². The van der Waals surface area contributed by atoms with Gasteiger partial charge < -0.3 is 15.4 Å². The average molecular weight is 249 g/mol. The van der Waals surface area contributed by atoms with Crippen molar-refractivity contribution in [1.82, 2.24) is 4.98 Å². The Bertz CT molecular complexity index is 411. The summed E-state index contributed by atoms with van der Waals surface area (Å²) in [6, 6.07) is 3.87. The van der Waals surface area contributed by atoms with Crippen LogP contribution in [0.2, 0.25) is 0 Å². The van der Waals surface area contributed by atoms with Crippen molar-refractivity contribution < 1.29 is 4.74 Å². The number of nitrogens with zero attached hydrogens (tertiary/aromatic N) is 2. The molecule has 0 atom stereocenters. The molecular weight excluding hydrogens is 226 g/mol. The molecule has 1 fully saturated rings. The van der Waals surface area contributed by atoms with E-state index in [1.807, 2.05) is 26.0 Å². The lowest BCUT2D eigenvalue weighted by Gasteiger charge is -2.51. The maximum atomic E-state index is 6.31. The highest BCUT2D eigenvalue weighted by Gasteiger charge is 2.43. The molecule has 4 nitrogen and oxygen atoms in total. The van der Waals surface area contributed by atoms with Crippen molar-refractivity contribution in [1.29, 1.82) is 0 Å². The molecular formula is C14H23N3O. The fraction of sp³-hybridized carbons (Fsp3) is 0.643. The fourth-order valence-electron chi connectivity index (χ4n) is 2.14. The monoisotopic (exact) mass is 249 g/mol. The highest BCUT2D eigenvalue weighted by molar-refractivity contribution is 5.55. The molecule has 4 heteroatoms. The number of hydrogen-bond acceptors (Lipinski definition) is 4. The van der Waals surface area contributed by atoms with Crippen molar-refractivity contribution in [3.05, 3.63) is 18.3 Å². The van der Waals surface area contributed by atoms with E-state index in [4.69, 9.17) is 10.5 Å². The molecule has 0 radical (unpaired) electrons. The van der Waals surface area contributed by atoms with Crippen LogP contribution in [-0.4, -0.2) is 29.7 Å². The number of aromatic nitrogens is 1. The SMILES string of the molecule is CC(C)Oc1cccnc1N1CC(N)(C(C)C)C1. The summed E-state index contributed by atoms with van der Waals surface area (Å²) in [6.07, 6.45) is 1.95. The number of hydrogen-bond donors (Lipinski definition) is 1. The van der Waals surface area contributed by atoms with E-state index in [0.29, 0.717) is 5.92 Å². The van der Waals surface area contributed by atoms with Crippen LogP contribution in [-0.2, 0) is 0 Å². The summed E-state index contributed by atoms with van der Waals surface area (Å²) in [4.78, 5) is 6.62. The second kappa shape index (κ2) is 4.76. The third kappa shape index (κ3) is 2.43. The third-order valence-corrected chi connectivity index (χ3v) is 3.53. The van der Waals surface area contributed by atoms with Gasteiger partial charge in [0.15, 0.2) is 11.6 Å². The lowest BCUT2D eigenvalue weighted by molar-refractivity contribution is 0.226. The Kier molecular flexibility index (Phi) is 3.48. The van der Waals surface area contributed by atoms with Gasteiger partial charge in [0, 0.05) is 19.3 Å². The number of nitrogens with two attached hydrogens (primary N) is 1. The van der Waals surface area contributed by atoms with Crippen LogP contribution in [0.3, 0.4) is 0 Å². The Balaban J connectivity index is 2.12. The predicted molar refractivity (Wildman–Crippen MR) is 74.0 cm³/mol. The number of ether oxygens (including phenoxy) is 1. The van der Waals surface area contributed by atoms with Crippen LogP contribution in [0.1, 0.15) is 27.7 Å². The summed E-state index contributed by atoms with van der Waals surface area (Å²) in [5.74, 6) is 2.23. The third-order valence-electron chi connectivity index (χ3n) is 3.53. The van der Waals surface area contributed by atoms with Crippen LogP contribution in [0.15, 0.2) is 18.3 Å². The molecule has 1 aromatic rings. The molecule has 0 saturated carbocycles. The first-order valence-corrected chi connectivity index (χ1v) is 6.58. The van der Waals surface area contributed by atoms with Gasteiger partial charge in [0.05, 0.1) is 11.6 Å². The van der Waals surface area contributed by atoms with Gasteiger partial charge >= 0.3 is 0 Å². The van der Waals surface area contributed by atoms with Gasteiger partial charge in [-0.05, 0) is 31.9 Å². The fourth-order valence-corrected chi connectivity index (χ4v) is 2.14. The Morgan fingerprint density at radius 2 is 2.00 bits per heavy atom. The molecule has 0 bridgehead atoms. The summed E-state index contributed by atoms with van der Waals surface area (Å²) >= 11 is 0. The van der Waals surface area contributed by atoms with E-state index in [2.05, 4.69) is 23.7 Å². The minimum absolute atomic E-state index is 0.0907. The molecule has 2 rings (SSSR count). The molecule has 0 amide bonds. The minimum Gasteiger partial charge on any atom is -0.487 e. The Morgan fingerprint density at radius 1 is 1.33 bits per heavy atom. The van der Waals surface area contributed by atoms with Crippen molar-refractivity contribution in [2.75, 3.05) is 18.0 Å². The zero-order valence-corrected chi connectivity index (χ0v) is 11.7. The van der Waals surface area contributed by atoms with E-state index in [9.17, 15) is 0 Å². The molecule has 100 valence electrons. The molecule has 18 heavy (non-hydrogen) atoms. The smallest absolute Gasteiger partial charge is 0.171 e. The Labute approximate surface area is 109 Å². The summed E-state index contributed by atoms with van der Waals surface area (Å²) in [5.41, 5.74) is 6.22.